The molecule has 0 amide bonds. The van der Waals surface area contributed by atoms with Crippen molar-refractivity contribution in [2.45, 2.75) is 44.6 Å². The molecule has 0 unspecified atom stereocenters. The van der Waals surface area contributed by atoms with Crippen molar-refractivity contribution in [2.75, 3.05) is 30.4 Å². The van der Waals surface area contributed by atoms with Gasteiger partial charge < -0.3 is 25.6 Å². The summed E-state index contributed by atoms with van der Waals surface area (Å²) < 4.78 is 8.16. The van der Waals surface area contributed by atoms with Gasteiger partial charge in [0, 0.05) is 25.4 Å². The Labute approximate surface area is 176 Å². The first kappa shape index (κ1) is 20.7. The lowest BCUT2D eigenvalue weighted by atomic mass is 10.2. The first-order chi connectivity index (χ1) is 14.8. The predicted octanol–water partition coefficient (Wildman–Crippen LogP) is 3.50. The standard InChI is InChI=1S/C23H30N4O3/c28-13-4-3-12-24-18-7-5-6-17(14-18)15-25-23-26-20-8-1-2-9-21(20)27(23)22-11-10-19(16-29)30-22/h1-2,5-9,14,19,22,24,28-29H,3-4,10-13,15-16H2,(H,25,26)/t19-,22+/m0/s1. The number of aliphatic hydroxyl groups excluding tert-OH is 2. The van der Waals surface area contributed by atoms with Crippen LogP contribution in [0.25, 0.3) is 11.0 Å². The van der Waals surface area contributed by atoms with Crippen LogP contribution in [-0.4, -0.2) is 45.6 Å². The second-order valence-electron chi connectivity index (χ2n) is 7.68. The molecular formula is C23H30N4O3. The predicted molar refractivity (Wildman–Crippen MR) is 119 cm³/mol. The van der Waals surface area contributed by atoms with E-state index in [1.807, 2.05) is 24.3 Å². The number of benzene rings is 2. The normalized spacial score (nSPS) is 18.7. The molecular weight excluding hydrogens is 380 g/mol. The molecule has 1 aliphatic heterocycles. The third kappa shape index (κ3) is 4.75. The number of hydrogen-bond acceptors (Lipinski definition) is 6. The van der Waals surface area contributed by atoms with Crippen LogP contribution in [0.4, 0.5) is 11.6 Å². The summed E-state index contributed by atoms with van der Waals surface area (Å²) in [5.74, 6) is 0.779. The van der Waals surface area contributed by atoms with E-state index < -0.39 is 0 Å². The van der Waals surface area contributed by atoms with Gasteiger partial charge in [0.1, 0.15) is 6.23 Å². The van der Waals surface area contributed by atoms with Gasteiger partial charge in [-0.2, -0.15) is 0 Å². The van der Waals surface area contributed by atoms with Crippen LogP contribution < -0.4 is 10.6 Å². The van der Waals surface area contributed by atoms with E-state index in [9.17, 15) is 5.11 Å². The highest BCUT2D eigenvalue weighted by Gasteiger charge is 2.29. The minimum Gasteiger partial charge on any atom is -0.396 e. The van der Waals surface area contributed by atoms with Crippen molar-refractivity contribution in [3.05, 3.63) is 54.1 Å². The number of aromatic nitrogens is 2. The first-order valence-corrected chi connectivity index (χ1v) is 10.7. The minimum absolute atomic E-state index is 0.0456. The van der Waals surface area contributed by atoms with Gasteiger partial charge in [0.15, 0.2) is 0 Å². The van der Waals surface area contributed by atoms with Gasteiger partial charge in [-0.3, -0.25) is 4.57 Å². The highest BCUT2D eigenvalue weighted by molar-refractivity contribution is 5.78. The van der Waals surface area contributed by atoms with Gasteiger partial charge in [0.25, 0.3) is 0 Å². The molecule has 3 aromatic rings. The van der Waals surface area contributed by atoms with Crippen LogP contribution in [0.15, 0.2) is 48.5 Å². The molecule has 0 aliphatic carbocycles. The smallest absolute Gasteiger partial charge is 0.206 e. The SMILES string of the molecule is OCCCCNc1cccc(CNc2nc3ccccc3n2[C@H]2CC[C@@H](CO)O2)c1. The molecule has 4 N–H and O–H groups in total. The zero-order valence-corrected chi connectivity index (χ0v) is 17.1. The molecule has 2 aromatic carbocycles. The Balaban J connectivity index is 1.48. The van der Waals surface area contributed by atoms with Gasteiger partial charge >= 0.3 is 0 Å². The van der Waals surface area contributed by atoms with E-state index in [4.69, 9.17) is 14.8 Å². The molecule has 1 aliphatic rings. The minimum atomic E-state index is -0.128. The van der Waals surface area contributed by atoms with Crippen molar-refractivity contribution in [1.82, 2.24) is 9.55 Å². The molecule has 0 radical (unpaired) electrons. The summed E-state index contributed by atoms with van der Waals surface area (Å²) in [7, 11) is 0. The fraction of sp³-hybridized carbons (Fsp3) is 0.435. The fourth-order valence-electron chi connectivity index (χ4n) is 3.91. The van der Waals surface area contributed by atoms with Crippen molar-refractivity contribution in [3.8, 4) is 0 Å². The van der Waals surface area contributed by atoms with Crippen molar-refractivity contribution in [3.63, 3.8) is 0 Å². The maximum absolute atomic E-state index is 9.45. The maximum atomic E-state index is 9.45. The molecule has 0 bridgehead atoms. The molecule has 1 fully saturated rings. The van der Waals surface area contributed by atoms with Crippen molar-refractivity contribution < 1.29 is 14.9 Å². The van der Waals surface area contributed by atoms with Crippen molar-refractivity contribution >= 4 is 22.7 Å². The Kier molecular flexibility index (Phi) is 6.84. The molecule has 160 valence electrons. The number of ether oxygens (including phenoxy) is 1. The van der Waals surface area contributed by atoms with Gasteiger partial charge in [-0.25, -0.2) is 4.98 Å². The molecule has 1 saturated heterocycles. The highest BCUT2D eigenvalue weighted by Crippen LogP contribution is 2.34. The topological polar surface area (TPSA) is 91.6 Å². The number of nitrogens with one attached hydrogen (secondary N) is 2. The second-order valence-corrected chi connectivity index (χ2v) is 7.68. The number of anilines is 2. The second kappa shape index (κ2) is 9.93. The Morgan fingerprint density at radius 2 is 1.93 bits per heavy atom. The Morgan fingerprint density at radius 3 is 2.77 bits per heavy atom. The average Bonchev–Trinajstić information content (AvgIpc) is 3.39. The summed E-state index contributed by atoms with van der Waals surface area (Å²) >= 11 is 0. The summed E-state index contributed by atoms with van der Waals surface area (Å²) in [5, 5.41) is 25.2. The first-order valence-electron chi connectivity index (χ1n) is 10.7. The summed E-state index contributed by atoms with van der Waals surface area (Å²) in [4.78, 5) is 4.79. The molecule has 30 heavy (non-hydrogen) atoms. The Hall–Kier alpha value is -2.61. The third-order valence-corrected chi connectivity index (χ3v) is 5.46. The number of aliphatic hydroxyl groups is 2. The molecule has 0 saturated carbocycles. The molecule has 2 atom stereocenters. The van der Waals surface area contributed by atoms with Gasteiger partial charge in [-0.1, -0.05) is 24.3 Å². The molecule has 4 rings (SSSR count). The van der Waals surface area contributed by atoms with Crippen LogP contribution in [0.3, 0.4) is 0 Å². The number of hydrogen-bond donors (Lipinski definition) is 4. The highest BCUT2D eigenvalue weighted by atomic mass is 16.5. The quantitative estimate of drug-likeness (QED) is 0.383. The number of unbranched alkanes of at least 4 members (excludes halogenated alkanes) is 1. The Morgan fingerprint density at radius 1 is 1.03 bits per heavy atom. The van der Waals surface area contributed by atoms with Crippen LogP contribution in [0.1, 0.15) is 37.5 Å². The summed E-state index contributed by atoms with van der Waals surface area (Å²) in [6.07, 6.45) is 3.21. The number of nitrogens with zero attached hydrogens (tertiary/aromatic N) is 2. The van der Waals surface area contributed by atoms with Gasteiger partial charge in [0.05, 0.1) is 23.7 Å². The summed E-state index contributed by atoms with van der Waals surface area (Å²) in [6.45, 7) is 1.77. The van der Waals surface area contributed by atoms with Gasteiger partial charge in [-0.15, -0.1) is 0 Å². The molecule has 2 heterocycles. The van der Waals surface area contributed by atoms with Crippen LogP contribution >= 0.6 is 0 Å². The van der Waals surface area contributed by atoms with Crippen LogP contribution in [-0.2, 0) is 11.3 Å². The monoisotopic (exact) mass is 410 g/mol. The zero-order chi connectivity index (χ0) is 20.8. The van der Waals surface area contributed by atoms with E-state index in [-0.39, 0.29) is 25.5 Å². The lowest BCUT2D eigenvalue weighted by molar-refractivity contribution is -0.0195. The van der Waals surface area contributed by atoms with E-state index in [1.165, 1.54) is 0 Å². The summed E-state index contributed by atoms with van der Waals surface area (Å²) in [6, 6.07) is 16.4. The number of rotatable bonds is 10. The van der Waals surface area contributed by atoms with E-state index in [1.54, 1.807) is 0 Å². The lowest BCUT2D eigenvalue weighted by Crippen LogP contribution is -2.16. The Bertz CT molecular complexity index is 959. The van der Waals surface area contributed by atoms with Crippen LogP contribution in [0, 0.1) is 0 Å². The average molecular weight is 411 g/mol. The van der Waals surface area contributed by atoms with E-state index in [2.05, 4.69) is 39.5 Å². The molecule has 7 nitrogen and oxygen atoms in total. The van der Waals surface area contributed by atoms with Gasteiger partial charge in [-0.05, 0) is 55.5 Å². The number of fused-ring (bicyclic) bond motifs is 1. The maximum Gasteiger partial charge on any atom is 0.206 e. The van der Waals surface area contributed by atoms with Crippen molar-refractivity contribution in [2.24, 2.45) is 0 Å². The van der Waals surface area contributed by atoms with Gasteiger partial charge in [0.2, 0.25) is 5.95 Å². The van der Waals surface area contributed by atoms with E-state index in [0.29, 0.717) is 6.54 Å². The number of imidazole rings is 1. The third-order valence-electron chi connectivity index (χ3n) is 5.46. The van der Waals surface area contributed by atoms with Crippen molar-refractivity contribution in [1.29, 1.82) is 0 Å². The van der Waals surface area contributed by atoms with E-state index >= 15 is 0 Å². The van der Waals surface area contributed by atoms with Crippen LogP contribution in [0.2, 0.25) is 0 Å². The summed E-state index contributed by atoms with van der Waals surface area (Å²) in [5.41, 5.74) is 4.19. The molecule has 1 aromatic heterocycles. The fourth-order valence-corrected chi connectivity index (χ4v) is 3.91. The zero-order valence-electron chi connectivity index (χ0n) is 17.1. The largest absolute Gasteiger partial charge is 0.396 e. The molecule has 0 spiro atoms. The lowest BCUT2D eigenvalue weighted by Gasteiger charge is -2.18. The van der Waals surface area contributed by atoms with E-state index in [0.717, 1.165) is 60.5 Å². The number of para-hydroxylation sites is 2. The molecule has 7 heteroatoms. The van der Waals surface area contributed by atoms with Crippen LogP contribution in [0.5, 0.6) is 0 Å².